The molecule has 0 aromatic heterocycles. The summed E-state index contributed by atoms with van der Waals surface area (Å²) in [6, 6.07) is 10.1. The highest BCUT2D eigenvalue weighted by Gasteiger charge is 2.51. The Morgan fingerprint density at radius 3 is 2.34 bits per heavy atom. The van der Waals surface area contributed by atoms with Gasteiger partial charge in [-0.25, -0.2) is 0 Å². The van der Waals surface area contributed by atoms with Crippen LogP contribution in [0.5, 0.6) is 0 Å². The standard InChI is InChI=1S/C30H45N3O2/c1-29(2,3)21-28(35)32-16-13-31(14-17-32)15-18-33(27(34)19-23-9-7-6-8-10-23)22-24-11-12-25-20-26(24)30(25,4)5/h6-11,25-26H,12-22H2,1-5H3. The molecular weight excluding hydrogens is 434 g/mol. The number of allylic oxidation sites excluding steroid dienone is 1. The summed E-state index contributed by atoms with van der Waals surface area (Å²) in [5.41, 5.74) is 2.94. The van der Waals surface area contributed by atoms with Gasteiger partial charge in [-0.3, -0.25) is 14.5 Å². The van der Waals surface area contributed by atoms with Gasteiger partial charge < -0.3 is 9.80 Å². The molecule has 5 heteroatoms. The number of fused-ring (bicyclic) bond motifs is 1. The van der Waals surface area contributed by atoms with Crippen LogP contribution in [0.1, 0.15) is 59.4 Å². The van der Waals surface area contributed by atoms with Crippen molar-refractivity contribution < 1.29 is 9.59 Å². The first-order valence-electron chi connectivity index (χ1n) is 13.5. The molecule has 2 atom stereocenters. The molecule has 3 aliphatic carbocycles. The Labute approximate surface area is 212 Å². The highest BCUT2D eigenvalue weighted by molar-refractivity contribution is 5.79. The zero-order valence-electron chi connectivity index (χ0n) is 22.6. The fourth-order valence-corrected chi connectivity index (χ4v) is 6.10. The number of benzene rings is 1. The predicted octanol–water partition coefficient (Wildman–Crippen LogP) is 4.63. The highest BCUT2D eigenvalue weighted by Crippen LogP contribution is 2.59. The molecule has 5 rings (SSSR count). The third kappa shape index (κ3) is 6.35. The van der Waals surface area contributed by atoms with E-state index in [1.54, 1.807) is 0 Å². The Bertz CT molecular complexity index is 923. The van der Waals surface area contributed by atoms with E-state index in [0.717, 1.165) is 63.7 Å². The van der Waals surface area contributed by atoms with Gasteiger partial charge in [0.25, 0.3) is 0 Å². The molecule has 2 fully saturated rings. The Hall–Kier alpha value is -2.14. The van der Waals surface area contributed by atoms with E-state index >= 15 is 0 Å². The molecule has 1 aliphatic heterocycles. The molecule has 1 aromatic rings. The molecule has 1 heterocycles. The van der Waals surface area contributed by atoms with Crippen molar-refractivity contribution in [2.45, 2.75) is 60.3 Å². The molecule has 2 bridgehead atoms. The van der Waals surface area contributed by atoms with Gasteiger partial charge in [-0.1, -0.05) is 76.6 Å². The van der Waals surface area contributed by atoms with Crippen LogP contribution in [0.15, 0.2) is 42.0 Å². The van der Waals surface area contributed by atoms with E-state index in [1.165, 1.54) is 12.0 Å². The lowest BCUT2D eigenvalue weighted by Gasteiger charge is -2.57. The average molecular weight is 480 g/mol. The fourth-order valence-electron chi connectivity index (χ4n) is 6.10. The van der Waals surface area contributed by atoms with Gasteiger partial charge in [-0.2, -0.15) is 0 Å². The molecule has 5 nitrogen and oxygen atoms in total. The van der Waals surface area contributed by atoms with Gasteiger partial charge in [0, 0.05) is 52.2 Å². The van der Waals surface area contributed by atoms with Gasteiger partial charge >= 0.3 is 0 Å². The second-order valence-electron chi connectivity index (χ2n) is 12.8. The van der Waals surface area contributed by atoms with Crippen molar-refractivity contribution in [2.24, 2.45) is 22.7 Å². The lowest BCUT2D eigenvalue weighted by atomic mass is 9.49. The Balaban J connectivity index is 1.35. The second-order valence-corrected chi connectivity index (χ2v) is 12.8. The van der Waals surface area contributed by atoms with E-state index < -0.39 is 0 Å². The van der Waals surface area contributed by atoms with Crippen molar-refractivity contribution in [1.29, 1.82) is 0 Å². The van der Waals surface area contributed by atoms with Crippen molar-refractivity contribution >= 4 is 11.8 Å². The molecule has 0 spiro atoms. The van der Waals surface area contributed by atoms with Gasteiger partial charge in [-0.15, -0.1) is 0 Å². The van der Waals surface area contributed by atoms with Crippen molar-refractivity contribution in [3.8, 4) is 0 Å². The summed E-state index contributed by atoms with van der Waals surface area (Å²) in [6.45, 7) is 16.9. The van der Waals surface area contributed by atoms with Crippen LogP contribution in [0.4, 0.5) is 0 Å². The molecule has 0 N–H and O–H groups in total. The summed E-state index contributed by atoms with van der Waals surface area (Å²) in [5.74, 6) is 1.91. The number of hydrogen-bond acceptors (Lipinski definition) is 3. The van der Waals surface area contributed by atoms with E-state index in [4.69, 9.17) is 0 Å². The third-order valence-corrected chi connectivity index (χ3v) is 8.60. The summed E-state index contributed by atoms with van der Waals surface area (Å²) in [4.78, 5) is 32.6. The SMILES string of the molecule is CC(C)(C)CC(=O)N1CCN(CCN(CC2=CCC3CC2C3(C)C)C(=O)Cc2ccccc2)CC1. The Morgan fingerprint density at radius 1 is 1.06 bits per heavy atom. The quantitative estimate of drug-likeness (QED) is 0.511. The summed E-state index contributed by atoms with van der Waals surface area (Å²) < 4.78 is 0. The minimum Gasteiger partial charge on any atom is -0.340 e. The topological polar surface area (TPSA) is 43.9 Å². The van der Waals surface area contributed by atoms with Gasteiger partial charge in [-0.05, 0) is 41.1 Å². The Morgan fingerprint density at radius 2 is 1.74 bits per heavy atom. The minimum absolute atomic E-state index is 0.0245. The first-order chi connectivity index (χ1) is 16.5. The Kier molecular flexibility index (Phi) is 7.75. The first kappa shape index (κ1) is 25.9. The summed E-state index contributed by atoms with van der Waals surface area (Å²) in [6.07, 6.45) is 5.92. The van der Waals surface area contributed by atoms with Gasteiger partial charge in [0.1, 0.15) is 0 Å². The summed E-state index contributed by atoms with van der Waals surface area (Å²) in [5, 5.41) is 0. The smallest absolute Gasteiger partial charge is 0.227 e. The van der Waals surface area contributed by atoms with E-state index in [9.17, 15) is 9.59 Å². The van der Waals surface area contributed by atoms with Crippen LogP contribution in [0.3, 0.4) is 0 Å². The number of carbonyl (C=O) groups is 2. The molecule has 1 aromatic carbocycles. The lowest BCUT2D eigenvalue weighted by molar-refractivity contribution is -0.134. The molecule has 4 aliphatic rings. The second kappa shape index (κ2) is 10.5. The van der Waals surface area contributed by atoms with E-state index in [1.807, 2.05) is 35.2 Å². The van der Waals surface area contributed by atoms with Crippen molar-refractivity contribution in [3.05, 3.63) is 47.5 Å². The van der Waals surface area contributed by atoms with Crippen molar-refractivity contribution in [1.82, 2.24) is 14.7 Å². The van der Waals surface area contributed by atoms with Gasteiger partial charge in [0.15, 0.2) is 0 Å². The minimum atomic E-state index is 0.0245. The van der Waals surface area contributed by atoms with Crippen LogP contribution >= 0.6 is 0 Å². The number of carbonyl (C=O) groups excluding carboxylic acids is 2. The average Bonchev–Trinajstić information content (AvgIpc) is 2.81. The van der Waals surface area contributed by atoms with E-state index in [-0.39, 0.29) is 17.2 Å². The molecular formula is C30H45N3O2. The van der Waals surface area contributed by atoms with E-state index in [0.29, 0.717) is 24.2 Å². The largest absolute Gasteiger partial charge is 0.340 e. The summed E-state index contributed by atoms with van der Waals surface area (Å²) in [7, 11) is 0. The molecule has 35 heavy (non-hydrogen) atoms. The van der Waals surface area contributed by atoms with Crippen LogP contribution < -0.4 is 0 Å². The first-order valence-corrected chi connectivity index (χ1v) is 13.5. The van der Waals surface area contributed by atoms with Gasteiger partial charge in [0.2, 0.25) is 11.8 Å². The number of nitrogens with zero attached hydrogens (tertiary/aromatic N) is 3. The maximum absolute atomic E-state index is 13.4. The van der Waals surface area contributed by atoms with Crippen LogP contribution in [-0.4, -0.2) is 72.3 Å². The van der Waals surface area contributed by atoms with Crippen LogP contribution in [0.25, 0.3) is 0 Å². The molecule has 0 radical (unpaired) electrons. The molecule has 2 amide bonds. The van der Waals surface area contributed by atoms with Crippen LogP contribution in [0.2, 0.25) is 0 Å². The molecule has 2 unspecified atom stereocenters. The zero-order chi connectivity index (χ0) is 25.2. The maximum atomic E-state index is 13.4. The van der Waals surface area contributed by atoms with Gasteiger partial charge in [0.05, 0.1) is 6.42 Å². The normalized spacial score (nSPS) is 23.9. The predicted molar refractivity (Wildman–Crippen MR) is 142 cm³/mol. The number of piperazine rings is 1. The number of rotatable bonds is 8. The monoisotopic (exact) mass is 479 g/mol. The van der Waals surface area contributed by atoms with E-state index in [2.05, 4.69) is 50.5 Å². The van der Waals surface area contributed by atoms with Crippen molar-refractivity contribution in [3.63, 3.8) is 0 Å². The molecule has 1 saturated carbocycles. The fraction of sp³-hybridized carbons (Fsp3) is 0.667. The van der Waals surface area contributed by atoms with Crippen molar-refractivity contribution in [2.75, 3.05) is 45.8 Å². The van der Waals surface area contributed by atoms with Crippen LogP contribution in [-0.2, 0) is 16.0 Å². The third-order valence-electron chi connectivity index (χ3n) is 8.60. The summed E-state index contributed by atoms with van der Waals surface area (Å²) >= 11 is 0. The highest BCUT2D eigenvalue weighted by atomic mass is 16.2. The zero-order valence-corrected chi connectivity index (χ0v) is 22.6. The molecule has 192 valence electrons. The maximum Gasteiger partial charge on any atom is 0.227 e. The number of hydrogen-bond donors (Lipinski definition) is 0. The lowest BCUT2D eigenvalue weighted by Crippen LogP contribution is -2.52. The molecule has 1 saturated heterocycles. The van der Waals surface area contributed by atoms with Crippen LogP contribution in [0, 0.1) is 22.7 Å². The number of amides is 2.